The van der Waals surface area contributed by atoms with E-state index in [0.29, 0.717) is 10.7 Å². The number of nitro benzene ring substituents is 1. The summed E-state index contributed by atoms with van der Waals surface area (Å²) in [4.78, 5) is 21.8. The number of amides is 2. The van der Waals surface area contributed by atoms with Crippen molar-refractivity contribution < 1.29 is 14.1 Å². The van der Waals surface area contributed by atoms with Crippen LogP contribution in [0.25, 0.3) is 0 Å². The Bertz CT molecular complexity index is 692. The Labute approximate surface area is 123 Å². The van der Waals surface area contributed by atoms with E-state index in [4.69, 9.17) is 11.6 Å². The number of anilines is 2. The molecule has 0 aliphatic carbocycles. The zero-order valence-electron chi connectivity index (χ0n) is 10.5. The van der Waals surface area contributed by atoms with Crippen LogP contribution in [0.15, 0.2) is 42.5 Å². The average molecular weight is 310 g/mol. The maximum Gasteiger partial charge on any atom is 0.323 e. The van der Waals surface area contributed by atoms with Crippen LogP contribution in [0.1, 0.15) is 0 Å². The molecule has 0 heterocycles. The smallest absolute Gasteiger partial charge is 0.308 e. The highest BCUT2D eigenvalue weighted by Gasteiger charge is 2.16. The van der Waals surface area contributed by atoms with Crippen molar-refractivity contribution in [2.45, 2.75) is 0 Å². The van der Waals surface area contributed by atoms with Gasteiger partial charge >= 0.3 is 6.03 Å². The molecule has 0 spiro atoms. The SMILES string of the molecule is O=C(Nc1ccc(Cl)cc1)Nc1ccc(F)cc1[N+](=O)[O-]. The van der Waals surface area contributed by atoms with Gasteiger partial charge in [0.25, 0.3) is 5.69 Å². The minimum atomic E-state index is -0.777. The second kappa shape index (κ2) is 6.19. The zero-order chi connectivity index (χ0) is 15.4. The van der Waals surface area contributed by atoms with E-state index in [2.05, 4.69) is 10.6 Å². The number of urea groups is 1. The zero-order valence-corrected chi connectivity index (χ0v) is 11.2. The van der Waals surface area contributed by atoms with E-state index in [1.54, 1.807) is 24.3 Å². The van der Waals surface area contributed by atoms with E-state index in [-0.39, 0.29) is 5.69 Å². The minimum absolute atomic E-state index is 0.104. The van der Waals surface area contributed by atoms with Gasteiger partial charge in [-0.15, -0.1) is 0 Å². The molecule has 2 N–H and O–H groups in total. The van der Waals surface area contributed by atoms with Gasteiger partial charge in [0.05, 0.1) is 11.0 Å². The molecule has 21 heavy (non-hydrogen) atoms. The number of carbonyl (C=O) groups is 1. The van der Waals surface area contributed by atoms with E-state index < -0.39 is 22.5 Å². The molecular weight excluding hydrogens is 301 g/mol. The molecule has 0 saturated heterocycles. The Balaban J connectivity index is 2.12. The summed E-state index contributed by atoms with van der Waals surface area (Å²) in [5.41, 5.74) is -0.171. The highest BCUT2D eigenvalue weighted by atomic mass is 35.5. The molecule has 6 nitrogen and oxygen atoms in total. The molecular formula is C13H9ClFN3O3. The fourth-order valence-electron chi connectivity index (χ4n) is 1.58. The molecule has 0 radical (unpaired) electrons. The lowest BCUT2D eigenvalue weighted by atomic mass is 10.2. The number of nitro groups is 1. The Morgan fingerprint density at radius 3 is 2.43 bits per heavy atom. The third kappa shape index (κ3) is 3.90. The molecule has 0 saturated carbocycles. The van der Waals surface area contributed by atoms with Crippen LogP contribution in [-0.2, 0) is 0 Å². The van der Waals surface area contributed by atoms with Crippen molar-refractivity contribution in [1.29, 1.82) is 0 Å². The summed E-state index contributed by atoms with van der Waals surface area (Å²) in [6.07, 6.45) is 0. The van der Waals surface area contributed by atoms with E-state index in [1.165, 1.54) is 0 Å². The number of hydrogen-bond acceptors (Lipinski definition) is 3. The van der Waals surface area contributed by atoms with Crippen molar-refractivity contribution in [3.63, 3.8) is 0 Å². The normalized spacial score (nSPS) is 10.0. The third-order valence-electron chi connectivity index (χ3n) is 2.51. The number of nitrogens with zero attached hydrogens (tertiary/aromatic N) is 1. The van der Waals surface area contributed by atoms with Crippen molar-refractivity contribution in [2.24, 2.45) is 0 Å². The van der Waals surface area contributed by atoms with Gasteiger partial charge in [0, 0.05) is 10.7 Å². The maximum absolute atomic E-state index is 13.0. The lowest BCUT2D eigenvalue weighted by Gasteiger charge is -2.08. The summed E-state index contributed by atoms with van der Waals surface area (Å²) in [7, 11) is 0. The summed E-state index contributed by atoms with van der Waals surface area (Å²) < 4.78 is 13.0. The standard InChI is InChI=1S/C13H9ClFN3O3/c14-8-1-4-10(5-2-8)16-13(19)17-11-6-3-9(15)7-12(11)18(20)21/h1-7H,(H2,16,17,19). The van der Waals surface area contributed by atoms with Crippen molar-refractivity contribution in [3.05, 3.63) is 63.4 Å². The lowest BCUT2D eigenvalue weighted by molar-refractivity contribution is -0.384. The maximum atomic E-state index is 13.0. The topological polar surface area (TPSA) is 84.3 Å². The van der Waals surface area contributed by atoms with Gasteiger partial charge in [-0.25, -0.2) is 9.18 Å². The van der Waals surface area contributed by atoms with Crippen molar-refractivity contribution >= 4 is 34.7 Å². The van der Waals surface area contributed by atoms with Gasteiger partial charge in [-0.3, -0.25) is 10.1 Å². The Morgan fingerprint density at radius 2 is 1.81 bits per heavy atom. The molecule has 108 valence electrons. The Kier molecular flexibility index (Phi) is 4.34. The van der Waals surface area contributed by atoms with Crippen LogP contribution in [0.3, 0.4) is 0 Å². The number of halogens is 2. The molecule has 0 aliphatic heterocycles. The summed E-state index contributed by atoms with van der Waals surface area (Å²) >= 11 is 5.71. The minimum Gasteiger partial charge on any atom is -0.308 e. The number of carbonyl (C=O) groups excluding carboxylic acids is 1. The Morgan fingerprint density at radius 1 is 1.14 bits per heavy atom. The van der Waals surface area contributed by atoms with Crippen molar-refractivity contribution in [3.8, 4) is 0 Å². The van der Waals surface area contributed by atoms with E-state index in [0.717, 1.165) is 18.2 Å². The molecule has 0 unspecified atom stereocenters. The van der Waals surface area contributed by atoms with Crippen LogP contribution < -0.4 is 10.6 Å². The second-order valence-corrected chi connectivity index (χ2v) is 4.44. The number of hydrogen-bond donors (Lipinski definition) is 2. The summed E-state index contributed by atoms with van der Waals surface area (Å²) in [5, 5.41) is 16.1. The van der Waals surface area contributed by atoms with Gasteiger partial charge in [0.2, 0.25) is 0 Å². The molecule has 2 amide bonds. The molecule has 2 aromatic carbocycles. The van der Waals surface area contributed by atoms with Crippen LogP contribution in [0.2, 0.25) is 5.02 Å². The third-order valence-corrected chi connectivity index (χ3v) is 2.76. The van der Waals surface area contributed by atoms with Crippen LogP contribution >= 0.6 is 11.6 Å². The van der Waals surface area contributed by atoms with Crippen LogP contribution in [0.5, 0.6) is 0 Å². The van der Waals surface area contributed by atoms with Crippen LogP contribution in [0.4, 0.5) is 26.2 Å². The van der Waals surface area contributed by atoms with Gasteiger partial charge in [-0.05, 0) is 36.4 Å². The molecule has 8 heteroatoms. The fraction of sp³-hybridized carbons (Fsp3) is 0. The van der Waals surface area contributed by atoms with E-state index >= 15 is 0 Å². The van der Waals surface area contributed by atoms with Crippen LogP contribution in [0, 0.1) is 15.9 Å². The quantitative estimate of drug-likeness (QED) is 0.663. The number of rotatable bonds is 3. The fourth-order valence-corrected chi connectivity index (χ4v) is 1.71. The predicted octanol–water partition coefficient (Wildman–Crippen LogP) is 4.03. The molecule has 2 rings (SSSR count). The first kappa shape index (κ1) is 14.7. The molecule has 0 aliphatic rings. The largest absolute Gasteiger partial charge is 0.323 e. The molecule has 0 bridgehead atoms. The van der Waals surface area contributed by atoms with Gasteiger partial charge in [-0.2, -0.15) is 0 Å². The van der Waals surface area contributed by atoms with Gasteiger partial charge in [-0.1, -0.05) is 11.6 Å². The summed E-state index contributed by atoms with van der Waals surface area (Å²) in [6, 6.07) is 8.49. The first-order valence-corrected chi connectivity index (χ1v) is 6.11. The highest BCUT2D eigenvalue weighted by Crippen LogP contribution is 2.25. The van der Waals surface area contributed by atoms with Gasteiger partial charge < -0.3 is 10.6 Å². The van der Waals surface area contributed by atoms with Crippen molar-refractivity contribution in [1.82, 2.24) is 0 Å². The van der Waals surface area contributed by atoms with Crippen LogP contribution in [-0.4, -0.2) is 11.0 Å². The molecule has 0 atom stereocenters. The molecule has 0 fully saturated rings. The highest BCUT2D eigenvalue weighted by molar-refractivity contribution is 6.30. The van der Waals surface area contributed by atoms with E-state index in [1.807, 2.05) is 0 Å². The first-order valence-electron chi connectivity index (χ1n) is 5.73. The number of benzene rings is 2. The van der Waals surface area contributed by atoms with Crippen molar-refractivity contribution in [2.75, 3.05) is 10.6 Å². The first-order chi connectivity index (χ1) is 9.95. The van der Waals surface area contributed by atoms with E-state index in [9.17, 15) is 19.3 Å². The van der Waals surface area contributed by atoms with Gasteiger partial charge in [0.15, 0.2) is 0 Å². The predicted molar refractivity (Wildman–Crippen MR) is 77.1 cm³/mol. The van der Waals surface area contributed by atoms with Gasteiger partial charge in [0.1, 0.15) is 11.5 Å². The monoisotopic (exact) mass is 309 g/mol. The average Bonchev–Trinajstić information content (AvgIpc) is 2.43. The summed E-state index contributed by atoms with van der Waals surface area (Å²) in [6.45, 7) is 0. The lowest BCUT2D eigenvalue weighted by Crippen LogP contribution is -2.20. The molecule has 2 aromatic rings. The Hall–Kier alpha value is -2.67. The molecule has 0 aromatic heterocycles. The number of nitrogens with one attached hydrogen (secondary N) is 2. The second-order valence-electron chi connectivity index (χ2n) is 4.00. The summed E-state index contributed by atoms with van der Waals surface area (Å²) in [5.74, 6) is -0.759.